The first-order chi connectivity index (χ1) is 11.7. The van der Waals surface area contributed by atoms with Crippen molar-refractivity contribution < 1.29 is 5.11 Å². The minimum Gasteiger partial charge on any atom is -0.392 e. The molecule has 3 N–H and O–H groups in total. The van der Waals surface area contributed by atoms with Gasteiger partial charge in [0.25, 0.3) is 0 Å². The number of imidazole rings is 1. The Bertz CT molecular complexity index is 1030. The van der Waals surface area contributed by atoms with Crippen molar-refractivity contribution in [2.45, 2.75) is 6.61 Å². The zero-order chi connectivity index (χ0) is 16.5. The van der Waals surface area contributed by atoms with E-state index in [2.05, 4.69) is 9.97 Å². The number of hydrogen-bond donors (Lipinski definition) is 2. The highest BCUT2D eigenvalue weighted by molar-refractivity contribution is 5.85. The van der Waals surface area contributed by atoms with E-state index in [1.807, 2.05) is 65.3 Å². The summed E-state index contributed by atoms with van der Waals surface area (Å²) in [6.07, 6.45) is 5.64. The summed E-state index contributed by atoms with van der Waals surface area (Å²) in [5, 5.41) is 9.30. The fraction of sp³-hybridized carbons (Fsp3) is 0.0526. The molecule has 0 fully saturated rings. The molecule has 0 bridgehead atoms. The van der Waals surface area contributed by atoms with Crippen LogP contribution in [-0.4, -0.2) is 19.5 Å². The van der Waals surface area contributed by atoms with E-state index in [4.69, 9.17) is 5.73 Å². The summed E-state index contributed by atoms with van der Waals surface area (Å²) in [4.78, 5) is 8.73. The number of hydrogen-bond acceptors (Lipinski definition) is 4. The smallest absolute Gasteiger partial charge is 0.137 e. The van der Waals surface area contributed by atoms with Crippen molar-refractivity contribution >= 4 is 36.3 Å². The number of fused-ring (bicyclic) bond motifs is 1. The second-order valence-corrected chi connectivity index (χ2v) is 5.60. The largest absolute Gasteiger partial charge is 0.392 e. The van der Waals surface area contributed by atoms with Gasteiger partial charge >= 0.3 is 0 Å². The van der Waals surface area contributed by atoms with Crippen molar-refractivity contribution in [2.24, 2.45) is 0 Å². The summed E-state index contributed by atoms with van der Waals surface area (Å²) in [6.45, 7) is 0.0333. The van der Waals surface area contributed by atoms with Gasteiger partial charge in [-0.2, -0.15) is 0 Å². The van der Waals surface area contributed by atoms with Crippen LogP contribution in [0, 0.1) is 0 Å². The van der Waals surface area contributed by atoms with Crippen LogP contribution in [0.25, 0.3) is 28.0 Å². The Morgan fingerprint density at radius 2 is 1.81 bits per heavy atom. The number of pyridine rings is 2. The number of aromatic nitrogens is 3. The monoisotopic (exact) mass is 388 g/mol. The molecule has 134 valence electrons. The van der Waals surface area contributed by atoms with Gasteiger partial charge in [-0.1, -0.05) is 18.2 Å². The third kappa shape index (κ3) is 3.65. The second-order valence-electron chi connectivity index (χ2n) is 5.60. The summed E-state index contributed by atoms with van der Waals surface area (Å²) < 4.78 is 1.97. The Morgan fingerprint density at radius 3 is 2.58 bits per heavy atom. The molecule has 4 aromatic rings. The topological polar surface area (TPSA) is 76.4 Å². The summed E-state index contributed by atoms with van der Waals surface area (Å²) in [6, 6.07) is 15.6. The number of aliphatic hydroxyl groups excluding tert-OH is 1. The average molecular weight is 389 g/mol. The average Bonchev–Trinajstić information content (AvgIpc) is 3.05. The minimum absolute atomic E-state index is 0. The van der Waals surface area contributed by atoms with Crippen LogP contribution in [0.1, 0.15) is 5.56 Å². The van der Waals surface area contributed by atoms with Gasteiger partial charge in [-0.3, -0.25) is 0 Å². The van der Waals surface area contributed by atoms with Gasteiger partial charge in [0.1, 0.15) is 11.5 Å². The van der Waals surface area contributed by atoms with Gasteiger partial charge in [0.2, 0.25) is 0 Å². The van der Waals surface area contributed by atoms with Crippen LogP contribution < -0.4 is 5.73 Å². The fourth-order valence-electron chi connectivity index (χ4n) is 2.78. The van der Waals surface area contributed by atoms with E-state index >= 15 is 0 Å². The van der Waals surface area contributed by atoms with Crippen molar-refractivity contribution in [1.29, 1.82) is 0 Å². The normalized spacial score (nSPS) is 10.2. The van der Waals surface area contributed by atoms with E-state index in [9.17, 15) is 5.11 Å². The summed E-state index contributed by atoms with van der Waals surface area (Å²) >= 11 is 0. The van der Waals surface area contributed by atoms with Crippen LogP contribution in [0.3, 0.4) is 0 Å². The molecule has 3 aromatic heterocycles. The SMILES string of the molecule is Cl.Cl.Nc1ncccc1-c1cn2cc(-c3cccc(CO)c3)ccc2n1. The number of halogens is 2. The molecular weight excluding hydrogens is 371 g/mol. The number of benzene rings is 1. The molecular formula is C19H18Cl2N4O. The maximum Gasteiger partial charge on any atom is 0.137 e. The third-order valence-electron chi connectivity index (χ3n) is 4.01. The standard InChI is InChI=1S/C19H16N4O.2ClH/c20-19-16(5-2-8-21-19)17-11-23-10-15(6-7-18(23)22-17)14-4-1-3-13(9-14)12-24;;/h1-11,24H,12H2,(H2,20,21);2*1H. The minimum atomic E-state index is 0. The highest BCUT2D eigenvalue weighted by Crippen LogP contribution is 2.26. The Morgan fingerprint density at radius 1 is 0.962 bits per heavy atom. The first kappa shape index (κ1) is 19.7. The van der Waals surface area contributed by atoms with Gasteiger partial charge in [-0.05, 0) is 47.0 Å². The van der Waals surface area contributed by atoms with Gasteiger partial charge < -0.3 is 15.2 Å². The Labute approximate surface area is 163 Å². The molecule has 0 amide bonds. The molecule has 0 unspecified atom stereocenters. The lowest BCUT2D eigenvalue weighted by molar-refractivity contribution is 0.282. The molecule has 3 heterocycles. The van der Waals surface area contributed by atoms with Crippen molar-refractivity contribution in [1.82, 2.24) is 14.4 Å². The number of anilines is 1. The molecule has 0 spiro atoms. The molecule has 5 nitrogen and oxygen atoms in total. The van der Waals surface area contributed by atoms with Crippen molar-refractivity contribution in [3.05, 3.63) is 72.7 Å². The second kappa shape index (κ2) is 8.19. The van der Waals surface area contributed by atoms with Crippen molar-refractivity contribution in [3.8, 4) is 22.4 Å². The van der Waals surface area contributed by atoms with E-state index in [0.717, 1.165) is 33.6 Å². The quantitative estimate of drug-likeness (QED) is 0.556. The number of nitrogens with two attached hydrogens (primary N) is 1. The van der Waals surface area contributed by atoms with Crippen LogP contribution in [0.2, 0.25) is 0 Å². The molecule has 0 atom stereocenters. The lowest BCUT2D eigenvalue weighted by Crippen LogP contribution is -1.92. The van der Waals surface area contributed by atoms with E-state index in [0.29, 0.717) is 5.82 Å². The zero-order valence-corrected chi connectivity index (χ0v) is 15.4. The maximum atomic E-state index is 9.30. The fourth-order valence-corrected chi connectivity index (χ4v) is 2.78. The first-order valence-corrected chi connectivity index (χ1v) is 7.64. The van der Waals surface area contributed by atoms with Crippen LogP contribution >= 0.6 is 24.8 Å². The van der Waals surface area contributed by atoms with Gasteiger partial charge in [0.05, 0.1) is 12.3 Å². The highest BCUT2D eigenvalue weighted by Gasteiger charge is 2.09. The maximum absolute atomic E-state index is 9.30. The molecule has 0 saturated carbocycles. The van der Waals surface area contributed by atoms with Gasteiger partial charge in [0, 0.05) is 24.2 Å². The lowest BCUT2D eigenvalue weighted by Gasteiger charge is -2.04. The van der Waals surface area contributed by atoms with E-state index in [1.54, 1.807) is 6.20 Å². The Hall–Kier alpha value is -2.60. The number of rotatable bonds is 3. The Kier molecular flexibility index (Phi) is 6.21. The van der Waals surface area contributed by atoms with Gasteiger partial charge in [0.15, 0.2) is 0 Å². The van der Waals surface area contributed by atoms with Gasteiger partial charge in [-0.25, -0.2) is 9.97 Å². The Balaban J connectivity index is 0.00000121. The highest BCUT2D eigenvalue weighted by atomic mass is 35.5. The third-order valence-corrected chi connectivity index (χ3v) is 4.01. The van der Waals surface area contributed by atoms with Crippen molar-refractivity contribution in [2.75, 3.05) is 5.73 Å². The number of aliphatic hydroxyl groups is 1. The molecule has 0 saturated heterocycles. The summed E-state index contributed by atoms with van der Waals surface area (Å²) in [5.74, 6) is 0.469. The van der Waals surface area contributed by atoms with Crippen LogP contribution in [0.5, 0.6) is 0 Å². The molecule has 0 aliphatic heterocycles. The van der Waals surface area contributed by atoms with Crippen LogP contribution in [0.15, 0.2) is 67.1 Å². The number of nitrogen functional groups attached to an aromatic ring is 1. The molecule has 26 heavy (non-hydrogen) atoms. The first-order valence-electron chi connectivity index (χ1n) is 7.64. The molecule has 7 heteroatoms. The zero-order valence-electron chi connectivity index (χ0n) is 13.7. The molecule has 0 aliphatic rings. The van der Waals surface area contributed by atoms with E-state index in [-0.39, 0.29) is 31.4 Å². The van der Waals surface area contributed by atoms with Gasteiger partial charge in [-0.15, -0.1) is 24.8 Å². The van der Waals surface area contributed by atoms with Crippen molar-refractivity contribution in [3.63, 3.8) is 0 Å². The van der Waals surface area contributed by atoms with Crippen LogP contribution in [-0.2, 0) is 6.61 Å². The lowest BCUT2D eigenvalue weighted by atomic mass is 10.1. The molecule has 0 aliphatic carbocycles. The summed E-state index contributed by atoms with van der Waals surface area (Å²) in [7, 11) is 0. The summed E-state index contributed by atoms with van der Waals surface area (Å²) in [5.41, 5.74) is 11.4. The molecule has 0 radical (unpaired) electrons. The molecule has 1 aromatic carbocycles. The molecule has 4 rings (SSSR count). The van der Waals surface area contributed by atoms with Crippen LogP contribution in [0.4, 0.5) is 5.82 Å². The van der Waals surface area contributed by atoms with E-state index in [1.165, 1.54) is 0 Å². The van der Waals surface area contributed by atoms with E-state index < -0.39 is 0 Å². The number of nitrogens with zero attached hydrogens (tertiary/aromatic N) is 3. The predicted octanol–water partition coefficient (Wildman–Crippen LogP) is 3.98. The predicted molar refractivity (Wildman–Crippen MR) is 109 cm³/mol.